The molecule has 1 heterocycles. The van der Waals surface area contributed by atoms with Gasteiger partial charge in [0.25, 0.3) is 0 Å². The summed E-state index contributed by atoms with van der Waals surface area (Å²) < 4.78 is 19.0. The highest BCUT2D eigenvalue weighted by Gasteiger charge is 2.27. The molecule has 1 aliphatic rings. The third kappa shape index (κ3) is 4.93. The Morgan fingerprint density at radius 1 is 1.07 bits per heavy atom. The number of amides is 1. The van der Waals surface area contributed by atoms with Gasteiger partial charge in [0.2, 0.25) is 5.91 Å². The van der Waals surface area contributed by atoms with E-state index in [1.807, 2.05) is 18.2 Å². The number of hydrogen-bond donors (Lipinski definition) is 2. The fraction of sp³-hybridized carbons (Fsp3) is 0.292. The maximum Gasteiger partial charge on any atom is 0.224 e. The molecule has 0 saturated carbocycles. The molecule has 2 atom stereocenters. The molecular formula is C24H25FN2O2. The summed E-state index contributed by atoms with van der Waals surface area (Å²) in [6, 6.07) is 20.5. The van der Waals surface area contributed by atoms with Crippen molar-refractivity contribution in [1.29, 1.82) is 0 Å². The summed E-state index contributed by atoms with van der Waals surface area (Å²) in [5.74, 6) is 0.378. The molecule has 150 valence electrons. The van der Waals surface area contributed by atoms with Gasteiger partial charge in [0, 0.05) is 31.6 Å². The van der Waals surface area contributed by atoms with Gasteiger partial charge in [-0.25, -0.2) is 4.39 Å². The number of halogens is 1. The number of rotatable bonds is 6. The van der Waals surface area contributed by atoms with Gasteiger partial charge in [-0.05, 0) is 34.9 Å². The molecule has 1 fully saturated rings. The normalized spacial score (nSPS) is 19.1. The Balaban J connectivity index is 1.31. The van der Waals surface area contributed by atoms with Gasteiger partial charge in [-0.3, -0.25) is 4.79 Å². The second-order valence-corrected chi connectivity index (χ2v) is 7.58. The van der Waals surface area contributed by atoms with Crippen LogP contribution in [-0.2, 0) is 11.3 Å². The van der Waals surface area contributed by atoms with E-state index in [9.17, 15) is 9.18 Å². The van der Waals surface area contributed by atoms with Gasteiger partial charge in [0.1, 0.15) is 11.6 Å². The molecule has 29 heavy (non-hydrogen) atoms. The summed E-state index contributed by atoms with van der Waals surface area (Å²) >= 11 is 0. The molecular weight excluding hydrogens is 367 g/mol. The summed E-state index contributed by atoms with van der Waals surface area (Å²) in [5.41, 5.74) is 1.12. The molecule has 2 N–H and O–H groups in total. The minimum atomic E-state index is -0.310. The van der Waals surface area contributed by atoms with Gasteiger partial charge < -0.3 is 15.4 Å². The lowest BCUT2D eigenvalue weighted by Crippen LogP contribution is -2.45. The first-order valence-electron chi connectivity index (χ1n) is 10.0. The number of nitrogens with one attached hydrogen (secondary N) is 2. The lowest BCUT2D eigenvalue weighted by atomic mass is 9.90. The van der Waals surface area contributed by atoms with Crippen LogP contribution in [0, 0.1) is 17.7 Å². The first-order chi connectivity index (χ1) is 14.2. The number of hydrogen-bond acceptors (Lipinski definition) is 3. The predicted molar refractivity (Wildman–Crippen MR) is 112 cm³/mol. The van der Waals surface area contributed by atoms with Crippen molar-refractivity contribution in [2.75, 3.05) is 19.7 Å². The van der Waals surface area contributed by atoms with E-state index in [1.54, 1.807) is 12.1 Å². The van der Waals surface area contributed by atoms with E-state index in [0.29, 0.717) is 25.4 Å². The molecule has 0 aromatic heterocycles. The average molecular weight is 392 g/mol. The number of benzene rings is 3. The smallest absolute Gasteiger partial charge is 0.224 e. The van der Waals surface area contributed by atoms with Crippen LogP contribution in [-0.4, -0.2) is 25.6 Å². The standard InChI is InChI=1S/C24H25FN2O2/c25-21-8-4-9-22(12-21)29-16-17-11-20(14-26-13-17)24(28)27-15-19-7-3-6-18-5-1-2-10-23(18)19/h1-10,12,17,20,26H,11,13-16H2,(H,27,28)/t17-,20+/m0/s1. The Kier molecular flexibility index (Phi) is 6.06. The maximum absolute atomic E-state index is 13.3. The third-order valence-corrected chi connectivity index (χ3v) is 5.43. The van der Waals surface area contributed by atoms with E-state index in [0.717, 1.165) is 18.5 Å². The molecule has 1 aliphatic heterocycles. The number of ether oxygens (including phenoxy) is 1. The Hall–Kier alpha value is -2.92. The van der Waals surface area contributed by atoms with Crippen molar-refractivity contribution >= 4 is 16.7 Å². The summed E-state index contributed by atoms with van der Waals surface area (Å²) in [6.07, 6.45) is 0.754. The van der Waals surface area contributed by atoms with Crippen LogP contribution < -0.4 is 15.4 Å². The van der Waals surface area contributed by atoms with Crippen LogP contribution in [0.25, 0.3) is 10.8 Å². The second-order valence-electron chi connectivity index (χ2n) is 7.58. The minimum Gasteiger partial charge on any atom is -0.493 e. The van der Waals surface area contributed by atoms with Crippen molar-refractivity contribution in [3.63, 3.8) is 0 Å². The van der Waals surface area contributed by atoms with Crippen LogP contribution in [0.15, 0.2) is 66.7 Å². The Bertz CT molecular complexity index is 986. The summed E-state index contributed by atoms with van der Waals surface area (Å²) in [6.45, 7) is 2.44. The molecule has 0 bridgehead atoms. The molecule has 3 aromatic carbocycles. The molecule has 0 spiro atoms. The quantitative estimate of drug-likeness (QED) is 0.669. The van der Waals surface area contributed by atoms with Gasteiger partial charge in [-0.1, -0.05) is 48.5 Å². The highest BCUT2D eigenvalue weighted by Crippen LogP contribution is 2.21. The largest absolute Gasteiger partial charge is 0.493 e. The van der Waals surface area contributed by atoms with Crippen molar-refractivity contribution in [1.82, 2.24) is 10.6 Å². The Labute approximate surface area is 170 Å². The van der Waals surface area contributed by atoms with Gasteiger partial charge >= 0.3 is 0 Å². The van der Waals surface area contributed by atoms with Crippen LogP contribution in [0.4, 0.5) is 4.39 Å². The van der Waals surface area contributed by atoms with E-state index in [2.05, 4.69) is 34.9 Å². The van der Waals surface area contributed by atoms with Crippen LogP contribution in [0.5, 0.6) is 5.75 Å². The van der Waals surface area contributed by atoms with Crippen molar-refractivity contribution < 1.29 is 13.9 Å². The third-order valence-electron chi connectivity index (χ3n) is 5.43. The second kappa shape index (κ2) is 9.05. The zero-order valence-electron chi connectivity index (χ0n) is 16.2. The molecule has 0 radical (unpaired) electrons. The number of carbonyl (C=O) groups excluding carboxylic acids is 1. The summed E-state index contributed by atoms with van der Waals surface area (Å²) in [4.78, 5) is 12.7. The van der Waals surface area contributed by atoms with E-state index in [-0.39, 0.29) is 23.6 Å². The molecule has 3 aromatic rings. The molecule has 0 aliphatic carbocycles. The minimum absolute atomic E-state index is 0.0564. The highest BCUT2D eigenvalue weighted by atomic mass is 19.1. The van der Waals surface area contributed by atoms with Crippen LogP contribution in [0.1, 0.15) is 12.0 Å². The molecule has 4 nitrogen and oxygen atoms in total. The average Bonchev–Trinajstić information content (AvgIpc) is 2.76. The van der Waals surface area contributed by atoms with E-state index < -0.39 is 0 Å². The fourth-order valence-electron chi connectivity index (χ4n) is 3.90. The first kappa shape index (κ1) is 19.4. The monoisotopic (exact) mass is 392 g/mol. The molecule has 1 amide bonds. The van der Waals surface area contributed by atoms with Crippen molar-refractivity contribution in [2.24, 2.45) is 11.8 Å². The van der Waals surface area contributed by atoms with Crippen LogP contribution >= 0.6 is 0 Å². The number of fused-ring (bicyclic) bond motifs is 1. The topological polar surface area (TPSA) is 50.4 Å². The summed E-state index contributed by atoms with van der Waals surface area (Å²) in [5, 5.41) is 8.76. The lowest BCUT2D eigenvalue weighted by Gasteiger charge is -2.29. The molecule has 1 saturated heterocycles. The van der Waals surface area contributed by atoms with E-state index >= 15 is 0 Å². The van der Waals surface area contributed by atoms with Crippen LogP contribution in [0.3, 0.4) is 0 Å². The van der Waals surface area contributed by atoms with Gasteiger partial charge in [-0.15, -0.1) is 0 Å². The van der Waals surface area contributed by atoms with Crippen molar-refractivity contribution in [3.05, 3.63) is 78.1 Å². The lowest BCUT2D eigenvalue weighted by molar-refractivity contribution is -0.126. The number of carbonyl (C=O) groups is 1. The number of piperidine rings is 1. The van der Waals surface area contributed by atoms with Crippen molar-refractivity contribution in [2.45, 2.75) is 13.0 Å². The Morgan fingerprint density at radius 3 is 2.79 bits per heavy atom. The maximum atomic E-state index is 13.3. The van der Waals surface area contributed by atoms with Gasteiger partial charge in [0.05, 0.1) is 12.5 Å². The zero-order valence-corrected chi connectivity index (χ0v) is 16.2. The molecule has 0 unspecified atom stereocenters. The predicted octanol–water partition coefficient (Wildman–Crippen LogP) is 3.90. The molecule has 5 heteroatoms. The van der Waals surface area contributed by atoms with Gasteiger partial charge in [0.15, 0.2) is 0 Å². The fourth-order valence-corrected chi connectivity index (χ4v) is 3.90. The Morgan fingerprint density at radius 2 is 1.90 bits per heavy atom. The van der Waals surface area contributed by atoms with Crippen molar-refractivity contribution in [3.8, 4) is 5.75 Å². The van der Waals surface area contributed by atoms with E-state index in [4.69, 9.17) is 4.74 Å². The zero-order chi connectivity index (χ0) is 20.1. The van der Waals surface area contributed by atoms with Crippen LogP contribution in [0.2, 0.25) is 0 Å². The van der Waals surface area contributed by atoms with E-state index in [1.165, 1.54) is 22.9 Å². The SMILES string of the molecule is O=C(NCc1cccc2ccccc12)[C@H]1CNC[C@@H](COc2cccc(F)c2)C1. The molecule has 4 rings (SSSR count). The summed E-state index contributed by atoms with van der Waals surface area (Å²) in [7, 11) is 0. The first-order valence-corrected chi connectivity index (χ1v) is 10.0. The highest BCUT2D eigenvalue weighted by molar-refractivity contribution is 5.86. The van der Waals surface area contributed by atoms with Gasteiger partial charge in [-0.2, -0.15) is 0 Å².